The number of ether oxygens (including phenoxy) is 1. The maximum absolute atomic E-state index is 12.7. The SMILES string of the molecule is CC(C)CCC(=O)N1CCC[C@@H]2CN(C(=O)CCOc3ccccc3)CC[C@@H]21. The minimum Gasteiger partial charge on any atom is -0.493 e. The zero-order chi connectivity index (χ0) is 19.9. The first-order chi connectivity index (χ1) is 13.5. The Labute approximate surface area is 169 Å². The molecule has 1 aromatic carbocycles. The van der Waals surface area contributed by atoms with Gasteiger partial charge in [0, 0.05) is 32.1 Å². The molecule has 28 heavy (non-hydrogen) atoms. The molecule has 3 rings (SSSR count). The topological polar surface area (TPSA) is 49.9 Å². The Morgan fingerprint density at radius 3 is 2.61 bits per heavy atom. The lowest BCUT2D eigenvalue weighted by molar-refractivity contribution is -0.142. The Morgan fingerprint density at radius 2 is 1.86 bits per heavy atom. The highest BCUT2D eigenvalue weighted by Gasteiger charge is 2.38. The number of hydrogen-bond acceptors (Lipinski definition) is 3. The van der Waals surface area contributed by atoms with E-state index in [0.717, 1.165) is 51.1 Å². The molecule has 2 atom stereocenters. The van der Waals surface area contributed by atoms with Crippen LogP contribution in [0.25, 0.3) is 0 Å². The van der Waals surface area contributed by atoms with Gasteiger partial charge in [-0.2, -0.15) is 0 Å². The van der Waals surface area contributed by atoms with Gasteiger partial charge in [0.25, 0.3) is 0 Å². The normalized spacial score (nSPS) is 22.1. The predicted molar refractivity (Wildman–Crippen MR) is 110 cm³/mol. The third-order valence-electron chi connectivity index (χ3n) is 6.00. The number of hydrogen-bond donors (Lipinski definition) is 0. The number of nitrogens with zero attached hydrogens (tertiary/aromatic N) is 2. The number of para-hydroxylation sites is 1. The first-order valence-electron chi connectivity index (χ1n) is 10.8. The van der Waals surface area contributed by atoms with E-state index in [0.29, 0.717) is 43.2 Å². The van der Waals surface area contributed by atoms with Gasteiger partial charge in [-0.15, -0.1) is 0 Å². The lowest BCUT2D eigenvalue weighted by Gasteiger charge is -2.47. The molecule has 0 spiro atoms. The van der Waals surface area contributed by atoms with E-state index in [1.165, 1.54) is 0 Å². The van der Waals surface area contributed by atoms with Gasteiger partial charge < -0.3 is 14.5 Å². The summed E-state index contributed by atoms with van der Waals surface area (Å²) in [5.74, 6) is 2.25. The largest absolute Gasteiger partial charge is 0.493 e. The minimum atomic E-state index is 0.164. The van der Waals surface area contributed by atoms with Gasteiger partial charge in [0.05, 0.1) is 13.0 Å². The smallest absolute Gasteiger partial charge is 0.226 e. The Hall–Kier alpha value is -2.04. The quantitative estimate of drug-likeness (QED) is 0.717. The van der Waals surface area contributed by atoms with Crippen LogP contribution in [-0.4, -0.2) is 53.9 Å². The van der Waals surface area contributed by atoms with Gasteiger partial charge in [0.2, 0.25) is 11.8 Å². The summed E-state index contributed by atoms with van der Waals surface area (Å²) in [6, 6.07) is 9.94. The molecule has 0 unspecified atom stereocenters. The first kappa shape index (κ1) is 20.7. The van der Waals surface area contributed by atoms with Crippen LogP contribution in [0.1, 0.15) is 52.4 Å². The standard InChI is InChI=1S/C23H34N2O3/c1-18(2)10-11-23(27)25-14-6-7-19-17-24(15-12-21(19)25)22(26)13-16-28-20-8-4-3-5-9-20/h3-5,8-9,18-19,21H,6-7,10-17H2,1-2H3/t19-,21+/m1/s1. The Morgan fingerprint density at radius 1 is 1.07 bits per heavy atom. The van der Waals surface area contributed by atoms with Crippen LogP contribution in [0.5, 0.6) is 5.75 Å². The van der Waals surface area contributed by atoms with Gasteiger partial charge in [-0.25, -0.2) is 0 Å². The van der Waals surface area contributed by atoms with Gasteiger partial charge in [0.15, 0.2) is 0 Å². The number of likely N-dealkylation sites (tertiary alicyclic amines) is 2. The fourth-order valence-corrected chi connectivity index (χ4v) is 4.43. The van der Waals surface area contributed by atoms with Gasteiger partial charge in [-0.05, 0) is 49.7 Å². The van der Waals surface area contributed by atoms with Crippen LogP contribution < -0.4 is 4.74 Å². The molecule has 1 aromatic rings. The summed E-state index contributed by atoms with van der Waals surface area (Å²) < 4.78 is 5.67. The molecule has 0 saturated carbocycles. The van der Waals surface area contributed by atoms with Crippen LogP contribution in [-0.2, 0) is 9.59 Å². The van der Waals surface area contributed by atoms with Crippen LogP contribution in [0.3, 0.4) is 0 Å². The summed E-state index contributed by atoms with van der Waals surface area (Å²) in [5.41, 5.74) is 0. The number of carbonyl (C=O) groups is 2. The predicted octanol–water partition coefficient (Wildman–Crippen LogP) is 3.73. The zero-order valence-electron chi connectivity index (χ0n) is 17.3. The number of benzene rings is 1. The summed E-state index contributed by atoms with van der Waals surface area (Å²) in [7, 11) is 0. The van der Waals surface area contributed by atoms with Crippen molar-refractivity contribution in [1.29, 1.82) is 0 Å². The highest BCUT2D eigenvalue weighted by Crippen LogP contribution is 2.31. The van der Waals surface area contributed by atoms with Crippen molar-refractivity contribution in [2.45, 2.75) is 58.4 Å². The third-order valence-corrected chi connectivity index (χ3v) is 6.00. The Kier molecular flexibility index (Phi) is 7.35. The van der Waals surface area contributed by atoms with Crippen LogP contribution in [0, 0.1) is 11.8 Å². The van der Waals surface area contributed by atoms with Crippen molar-refractivity contribution in [3.05, 3.63) is 30.3 Å². The van der Waals surface area contributed by atoms with Crippen LogP contribution in [0.4, 0.5) is 0 Å². The number of carbonyl (C=O) groups excluding carboxylic acids is 2. The van der Waals surface area contributed by atoms with Crippen LogP contribution >= 0.6 is 0 Å². The fraction of sp³-hybridized carbons (Fsp3) is 0.652. The van der Waals surface area contributed by atoms with Crippen molar-refractivity contribution in [2.75, 3.05) is 26.2 Å². The van der Waals surface area contributed by atoms with Gasteiger partial charge in [-0.3, -0.25) is 9.59 Å². The molecule has 2 amide bonds. The molecule has 2 aliphatic rings. The molecule has 2 heterocycles. The Balaban J connectivity index is 1.47. The number of amides is 2. The maximum atomic E-state index is 12.7. The fourth-order valence-electron chi connectivity index (χ4n) is 4.43. The van der Waals surface area contributed by atoms with Crippen LogP contribution in [0.15, 0.2) is 30.3 Å². The minimum absolute atomic E-state index is 0.164. The van der Waals surface area contributed by atoms with E-state index in [1.54, 1.807) is 0 Å². The van der Waals surface area contributed by atoms with E-state index >= 15 is 0 Å². The van der Waals surface area contributed by atoms with Crippen molar-refractivity contribution in [2.24, 2.45) is 11.8 Å². The number of rotatable bonds is 7. The highest BCUT2D eigenvalue weighted by atomic mass is 16.5. The second kappa shape index (κ2) is 9.94. The van der Waals surface area contributed by atoms with Gasteiger partial charge in [0.1, 0.15) is 5.75 Å². The van der Waals surface area contributed by atoms with Gasteiger partial charge in [-0.1, -0.05) is 32.0 Å². The lowest BCUT2D eigenvalue weighted by Crippen LogP contribution is -2.56. The monoisotopic (exact) mass is 386 g/mol. The number of fused-ring (bicyclic) bond motifs is 1. The van der Waals surface area contributed by atoms with Crippen molar-refractivity contribution in [1.82, 2.24) is 9.80 Å². The summed E-state index contributed by atoms with van der Waals surface area (Å²) in [6.45, 7) is 7.15. The molecular weight excluding hydrogens is 352 g/mol. The van der Waals surface area contributed by atoms with E-state index in [2.05, 4.69) is 18.7 Å². The summed E-state index contributed by atoms with van der Waals surface area (Å²) in [5, 5.41) is 0. The average molecular weight is 387 g/mol. The molecule has 5 nitrogen and oxygen atoms in total. The second-order valence-corrected chi connectivity index (χ2v) is 8.53. The molecule has 2 aliphatic heterocycles. The van der Waals surface area contributed by atoms with Crippen molar-refractivity contribution in [3.63, 3.8) is 0 Å². The maximum Gasteiger partial charge on any atom is 0.226 e. The van der Waals surface area contributed by atoms with E-state index < -0.39 is 0 Å². The van der Waals surface area contributed by atoms with E-state index in [4.69, 9.17) is 4.74 Å². The summed E-state index contributed by atoms with van der Waals surface area (Å²) in [6.07, 6.45) is 5.09. The molecule has 0 aliphatic carbocycles. The average Bonchev–Trinajstić information content (AvgIpc) is 2.71. The van der Waals surface area contributed by atoms with E-state index in [-0.39, 0.29) is 5.91 Å². The molecule has 0 radical (unpaired) electrons. The van der Waals surface area contributed by atoms with Crippen LogP contribution in [0.2, 0.25) is 0 Å². The molecule has 2 fully saturated rings. The van der Waals surface area contributed by atoms with Crippen molar-refractivity contribution in [3.8, 4) is 5.75 Å². The molecule has 0 bridgehead atoms. The second-order valence-electron chi connectivity index (χ2n) is 8.53. The van der Waals surface area contributed by atoms with Crippen molar-refractivity contribution >= 4 is 11.8 Å². The van der Waals surface area contributed by atoms with Crippen molar-refractivity contribution < 1.29 is 14.3 Å². The summed E-state index contributed by atoms with van der Waals surface area (Å²) >= 11 is 0. The molecule has 0 aromatic heterocycles. The third kappa shape index (κ3) is 5.49. The highest BCUT2D eigenvalue weighted by molar-refractivity contribution is 5.77. The molecule has 5 heteroatoms. The number of piperidine rings is 2. The molecule has 0 N–H and O–H groups in total. The summed E-state index contributed by atoms with van der Waals surface area (Å²) in [4.78, 5) is 29.4. The van der Waals surface area contributed by atoms with E-state index in [1.807, 2.05) is 35.2 Å². The molecule has 154 valence electrons. The lowest BCUT2D eigenvalue weighted by atomic mass is 9.83. The Bertz CT molecular complexity index is 647. The molecule has 2 saturated heterocycles. The van der Waals surface area contributed by atoms with Gasteiger partial charge >= 0.3 is 0 Å². The van der Waals surface area contributed by atoms with E-state index in [9.17, 15) is 9.59 Å². The zero-order valence-corrected chi connectivity index (χ0v) is 17.3. The molecular formula is C23H34N2O3. The first-order valence-corrected chi connectivity index (χ1v) is 10.8.